The Bertz CT molecular complexity index is 522. The van der Waals surface area contributed by atoms with Crippen molar-refractivity contribution < 1.29 is 27.9 Å². The maximum Gasteiger partial charge on any atom is 0.417 e. The summed E-state index contributed by atoms with van der Waals surface area (Å²) in [4.78, 5) is 21.7. The second kappa shape index (κ2) is 6.98. The molecule has 1 rings (SSSR count). The molecule has 0 radical (unpaired) electrons. The average Bonchev–Trinajstić information content (AvgIpc) is 2.29. The molecular weight excluding hydrogens is 363 g/mol. The van der Waals surface area contributed by atoms with E-state index >= 15 is 0 Å². The van der Waals surface area contributed by atoms with E-state index < -0.39 is 23.6 Å². The molecule has 110 valence electrons. The molecule has 0 heterocycles. The van der Waals surface area contributed by atoms with Crippen LogP contribution in [0.1, 0.15) is 5.56 Å². The Hall–Kier alpha value is -1.22. The number of amides is 1. The van der Waals surface area contributed by atoms with Gasteiger partial charge in [0, 0.05) is 10.2 Å². The zero-order chi connectivity index (χ0) is 15.3. The molecule has 2 N–H and O–H groups in total. The molecule has 0 aromatic heterocycles. The lowest BCUT2D eigenvalue weighted by molar-refractivity contribution is -0.138. The van der Waals surface area contributed by atoms with E-state index in [1.165, 1.54) is 12.1 Å². The Balaban J connectivity index is 2.69. The first kappa shape index (κ1) is 16.8. The zero-order valence-corrected chi connectivity index (χ0v) is 12.2. The second-order valence-corrected chi connectivity index (χ2v) is 5.47. The molecule has 9 heteroatoms. The Morgan fingerprint density at radius 1 is 1.30 bits per heavy atom. The van der Waals surface area contributed by atoms with Crippen LogP contribution in [0.3, 0.4) is 0 Å². The molecule has 20 heavy (non-hydrogen) atoms. The summed E-state index contributed by atoms with van der Waals surface area (Å²) in [6.07, 6.45) is -4.53. The predicted molar refractivity (Wildman–Crippen MR) is 72.7 cm³/mol. The van der Waals surface area contributed by atoms with Gasteiger partial charge in [0.15, 0.2) is 0 Å². The lowest BCUT2D eigenvalue weighted by atomic mass is 10.2. The largest absolute Gasteiger partial charge is 0.481 e. The van der Waals surface area contributed by atoms with Gasteiger partial charge >= 0.3 is 12.1 Å². The van der Waals surface area contributed by atoms with E-state index in [0.29, 0.717) is 0 Å². The van der Waals surface area contributed by atoms with Crippen molar-refractivity contribution >= 4 is 45.3 Å². The lowest BCUT2D eigenvalue weighted by Crippen LogP contribution is -2.16. The third kappa shape index (κ3) is 5.41. The van der Waals surface area contributed by atoms with Gasteiger partial charge in [-0.3, -0.25) is 9.59 Å². The van der Waals surface area contributed by atoms with E-state index in [1.807, 2.05) is 0 Å². The fraction of sp³-hybridized carbons (Fsp3) is 0.273. The minimum absolute atomic E-state index is 0.00134. The number of carbonyl (C=O) groups excluding carboxylic acids is 1. The Labute approximate surface area is 124 Å². The first-order valence-electron chi connectivity index (χ1n) is 5.16. The molecule has 0 atom stereocenters. The fourth-order valence-corrected chi connectivity index (χ4v) is 2.25. The number of anilines is 1. The van der Waals surface area contributed by atoms with Crippen molar-refractivity contribution in [3.8, 4) is 0 Å². The predicted octanol–water partition coefficient (Wildman–Crippen LogP) is 3.22. The fourth-order valence-electron chi connectivity index (χ4n) is 1.25. The molecule has 1 amide bonds. The van der Waals surface area contributed by atoms with Gasteiger partial charge in [0.2, 0.25) is 5.91 Å². The van der Waals surface area contributed by atoms with E-state index in [9.17, 15) is 22.8 Å². The number of hydrogen-bond acceptors (Lipinski definition) is 3. The van der Waals surface area contributed by atoms with Gasteiger partial charge in [0.05, 0.1) is 17.1 Å². The highest BCUT2D eigenvalue weighted by Gasteiger charge is 2.33. The summed E-state index contributed by atoms with van der Waals surface area (Å²) < 4.78 is 37.8. The molecule has 4 nitrogen and oxygen atoms in total. The standard InChI is InChI=1S/C11H9BrF3NO3S/c12-8-2-1-6(3-7(8)11(13,14)15)16-9(17)4-20-5-10(18)19/h1-3H,4-5H2,(H,16,17)(H,18,19). The molecule has 0 saturated carbocycles. The molecule has 0 bridgehead atoms. The highest BCUT2D eigenvalue weighted by Crippen LogP contribution is 2.36. The number of carboxylic acids is 1. The van der Waals surface area contributed by atoms with Crippen LogP contribution in [0, 0.1) is 0 Å². The van der Waals surface area contributed by atoms with E-state index in [2.05, 4.69) is 21.2 Å². The van der Waals surface area contributed by atoms with Crippen molar-refractivity contribution in [2.45, 2.75) is 6.18 Å². The molecular formula is C11H9BrF3NO3S. The second-order valence-electron chi connectivity index (χ2n) is 3.63. The van der Waals surface area contributed by atoms with Crippen molar-refractivity contribution in [2.75, 3.05) is 16.8 Å². The number of halogens is 4. The van der Waals surface area contributed by atoms with Crippen LogP contribution in [-0.2, 0) is 15.8 Å². The first-order chi connectivity index (χ1) is 9.20. The number of rotatable bonds is 5. The van der Waals surface area contributed by atoms with Gasteiger partial charge < -0.3 is 10.4 Å². The van der Waals surface area contributed by atoms with Gasteiger partial charge in [-0.1, -0.05) is 15.9 Å². The molecule has 0 aliphatic rings. The number of nitrogens with one attached hydrogen (secondary N) is 1. The van der Waals surface area contributed by atoms with Crippen molar-refractivity contribution in [1.82, 2.24) is 0 Å². The van der Waals surface area contributed by atoms with Crippen molar-refractivity contribution in [3.05, 3.63) is 28.2 Å². The first-order valence-corrected chi connectivity index (χ1v) is 7.11. The summed E-state index contributed by atoms with van der Waals surface area (Å²) in [5, 5.41) is 10.7. The molecule has 0 aliphatic heterocycles. The van der Waals surface area contributed by atoms with Crippen LogP contribution >= 0.6 is 27.7 Å². The smallest absolute Gasteiger partial charge is 0.417 e. The van der Waals surface area contributed by atoms with Crippen molar-refractivity contribution in [3.63, 3.8) is 0 Å². The number of thioether (sulfide) groups is 1. The number of carboxylic acid groups (broad SMARTS) is 1. The SMILES string of the molecule is O=C(O)CSCC(=O)Nc1ccc(Br)c(C(F)(F)F)c1. The van der Waals surface area contributed by atoms with E-state index in [1.54, 1.807) is 0 Å². The van der Waals surface area contributed by atoms with Gasteiger partial charge in [-0.15, -0.1) is 11.8 Å². The summed E-state index contributed by atoms with van der Waals surface area (Å²) in [5.74, 6) is -2.02. The van der Waals surface area contributed by atoms with E-state index in [-0.39, 0.29) is 21.7 Å². The van der Waals surface area contributed by atoms with E-state index in [0.717, 1.165) is 17.8 Å². The number of carbonyl (C=O) groups is 2. The molecule has 0 unspecified atom stereocenters. The quantitative estimate of drug-likeness (QED) is 0.833. The highest BCUT2D eigenvalue weighted by molar-refractivity contribution is 9.10. The summed E-state index contributed by atoms with van der Waals surface area (Å²) in [7, 11) is 0. The van der Waals surface area contributed by atoms with Crippen LogP contribution in [0.4, 0.5) is 18.9 Å². The Kier molecular flexibility index (Phi) is 5.88. The van der Waals surface area contributed by atoms with Crippen LogP contribution in [0.25, 0.3) is 0 Å². The van der Waals surface area contributed by atoms with Crippen LogP contribution in [0.15, 0.2) is 22.7 Å². The van der Waals surface area contributed by atoms with Crippen LogP contribution in [0.5, 0.6) is 0 Å². The molecule has 1 aromatic carbocycles. The van der Waals surface area contributed by atoms with Gasteiger partial charge in [0.25, 0.3) is 0 Å². The molecule has 0 spiro atoms. The Morgan fingerprint density at radius 2 is 1.95 bits per heavy atom. The maximum absolute atomic E-state index is 12.6. The lowest BCUT2D eigenvalue weighted by Gasteiger charge is -2.11. The maximum atomic E-state index is 12.6. The van der Waals surface area contributed by atoms with Gasteiger partial charge in [-0.05, 0) is 18.2 Å². The minimum atomic E-state index is -4.53. The molecule has 0 fully saturated rings. The van der Waals surface area contributed by atoms with Gasteiger partial charge in [0.1, 0.15) is 0 Å². The third-order valence-corrected chi connectivity index (χ3v) is 3.62. The number of aliphatic carboxylic acids is 1. The van der Waals surface area contributed by atoms with Gasteiger partial charge in [-0.25, -0.2) is 0 Å². The summed E-state index contributed by atoms with van der Waals surface area (Å²) in [6.45, 7) is 0. The average molecular weight is 372 g/mol. The topological polar surface area (TPSA) is 66.4 Å². The summed E-state index contributed by atoms with van der Waals surface area (Å²) in [6, 6.07) is 3.31. The number of alkyl halides is 3. The van der Waals surface area contributed by atoms with Crippen molar-refractivity contribution in [1.29, 1.82) is 0 Å². The zero-order valence-electron chi connectivity index (χ0n) is 9.83. The van der Waals surface area contributed by atoms with Gasteiger partial charge in [-0.2, -0.15) is 13.2 Å². The Morgan fingerprint density at radius 3 is 2.50 bits per heavy atom. The summed E-state index contributed by atoms with van der Waals surface area (Å²) >= 11 is 3.65. The molecule has 0 aliphatic carbocycles. The normalized spacial score (nSPS) is 11.2. The minimum Gasteiger partial charge on any atom is -0.481 e. The number of hydrogen-bond donors (Lipinski definition) is 2. The highest BCUT2D eigenvalue weighted by atomic mass is 79.9. The molecule has 1 aromatic rings. The monoisotopic (exact) mass is 371 g/mol. The number of benzene rings is 1. The molecule has 0 saturated heterocycles. The van der Waals surface area contributed by atoms with Crippen LogP contribution in [0.2, 0.25) is 0 Å². The summed E-state index contributed by atoms with van der Waals surface area (Å²) in [5.41, 5.74) is -0.894. The van der Waals surface area contributed by atoms with Crippen molar-refractivity contribution in [2.24, 2.45) is 0 Å². The van der Waals surface area contributed by atoms with E-state index in [4.69, 9.17) is 5.11 Å². The van der Waals surface area contributed by atoms with Crippen LogP contribution < -0.4 is 5.32 Å². The third-order valence-electron chi connectivity index (χ3n) is 2.01. The van der Waals surface area contributed by atoms with Crippen LogP contribution in [-0.4, -0.2) is 28.5 Å².